The van der Waals surface area contributed by atoms with Crippen molar-refractivity contribution in [3.8, 4) is 0 Å². The molecule has 1 atom stereocenters. The molecule has 0 aliphatic rings. The molecule has 0 aromatic carbocycles. The summed E-state index contributed by atoms with van der Waals surface area (Å²) in [6, 6.07) is 0. The summed E-state index contributed by atoms with van der Waals surface area (Å²) >= 11 is 0. The van der Waals surface area contributed by atoms with Gasteiger partial charge in [0.05, 0.1) is 0 Å². The highest BCUT2D eigenvalue weighted by atomic mass is 16.6. The zero-order valence-corrected chi connectivity index (χ0v) is 51.8. The van der Waals surface area contributed by atoms with Gasteiger partial charge >= 0.3 is 17.9 Å². The molecule has 452 valence electrons. The van der Waals surface area contributed by atoms with Gasteiger partial charge in [-0.2, -0.15) is 0 Å². The van der Waals surface area contributed by atoms with Gasteiger partial charge in [0, 0.05) is 19.3 Å². The lowest BCUT2D eigenvalue weighted by Gasteiger charge is -2.18. The number of ether oxygens (including phenoxy) is 3. The Labute approximate surface area is 493 Å². The van der Waals surface area contributed by atoms with Gasteiger partial charge in [0.1, 0.15) is 13.2 Å². The van der Waals surface area contributed by atoms with Crippen molar-refractivity contribution in [3.05, 3.63) is 146 Å². The van der Waals surface area contributed by atoms with Crippen molar-refractivity contribution in [2.75, 3.05) is 13.2 Å². The average molecular weight is 1110 g/mol. The predicted molar refractivity (Wildman–Crippen MR) is 348 cm³/mol. The first kappa shape index (κ1) is 75.3. The third-order valence-electron chi connectivity index (χ3n) is 13.6. The molecule has 1 unspecified atom stereocenters. The fourth-order valence-corrected chi connectivity index (χ4v) is 8.68. The number of rotatable bonds is 58. The summed E-state index contributed by atoms with van der Waals surface area (Å²) in [5.74, 6) is -0.930. The quantitative estimate of drug-likeness (QED) is 0.0261. The summed E-state index contributed by atoms with van der Waals surface area (Å²) in [6.07, 6.45) is 95.8. The maximum Gasteiger partial charge on any atom is 0.306 e. The summed E-state index contributed by atoms with van der Waals surface area (Å²) in [5, 5.41) is 0. The van der Waals surface area contributed by atoms with Crippen LogP contribution >= 0.6 is 0 Å². The molecule has 0 spiro atoms. The van der Waals surface area contributed by atoms with E-state index in [1.54, 1.807) is 0 Å². The standard InChI is InChI=1S/C74H120O6/c1-4-7-10-13-16-19-21-23-25-27-29-31-32-33-34-35-36-37-38-39-40-41-42-44-45-47-49-51-53-55-58-61-64-67-73(76)79-70-71(69-78-72(75)66-63-60-57-18-15-12-9-6-3)80-74(77)68-65-62-59-56-54-52-50-48-46-43-30-28-26-24-22-20-17-14-11-8-5-2/h7,10,16,19,22-25,28-31,33-34,36-37,39-40,42,44,46-49,71H,4-6,8-9,11-15,17-18,20-21,26-27,32,35,38,41,43,45,50-70H2,1-3H3/b10-7-,19-16-,24-22-,25-23-,30-28-,31-29-,34-33-,37-36-,40-39-,44-42-,48-46-,49-47-. The highest BCUT2D eigenvalue weighted by Gasteiger charge is 2.19. The molecule has 0 aliphatic heterocycles. The zero-order valence-electron chi connectivity index (χ0n) is 51.8. The van der Waals surface area contributed by atoms with Crippen LogP contribution in [0.4, 0.5) is 0 Å². The Hall–Kier alpha value is -4.71. The van der Waals surface area contributed by atoms with Gasteiger partial charge in [-0.1, -0.05) is 282 Å². The number of hydrogen-bond acceptors (Lipinski definition) is 6. The largest absolute Gasteiger partial charge is 0.462 e. The topological polar surface area (TPSA) is 78.9 Å². The Morgan fingerprint density at radius 2 is 0.487 bits per heavy atom. The molecule has 0 fully saturated rings. The van der Waals surface area contributed by atoms with Gasteiger partial charge in [0.15, 0.2) is 6.10 Å². The van der Waals surface area contributed by atoms with Gasteiger partial charge in [0.25, 0.3) is 0 Å². The molecule has 0 heterocycles. The Bertz CT molecular complexity index is 1750. The van der Waals surface area contributed by atoms with E-state index in [4.69, 9.17) is 14.2 Å². The molecule has 0 aliphatic carbocycles. The van der Waals surface area contributed by atoms with Gasteiger partial charge < -0.3 is 14.2 Å². The number of unbranched alkanes of at least 4 members (excludes halogenated alkanes) is 23. The molecule has 0 N–H and O–H groups in total. The van der Waals surface area contributed by atoms with E-state index in [1.165, 1.54) is 83.5 Å². The molecule has 0 amide bonds. The van der Waals surface area contributed by atoms with Crippen LogP contribution in [0.5, 0.6) is 0 Å². The molecule has 0 saturated carbocycles. The van der Waals surface area contributed by atoms with E-state index in [-0.39, 0.29) is 31.1 Å². The van der Waals surface area contributed by atoms with Crippen LogP contribution in [-0.2, 0) is 28.6 Å². The molecule has 0 bridgehead atoms. The summed E-state index contributed by atoms with van der Waals surface area (Å²) in [5.41, 5.74) is 0. The zero-order chi connectivity index (χ0) is 57.8. The molecule has 6 nitrogen and oxygen atoms in total. The minimum absolute atomic E-state index is 0.0926. The highest BCUT2D eigenvalue weighted by Crippen LogP contribution is 2.14. The first-order valence-corrected chi connectivity index (χ1v) is 32.8. The summed E-state index contributed by atoms with van der Waals surface area (Å²) < 4.78 is 16.8. The summed E-state index contributed by atoms with van der Waals surface area (Å²) in [7, 11) is 0. The van der Waals surface area contributed by atoms with E-state index in [9.17, 15) is 14.4 Å². The number of hydrogen-bond donors (Lipinski definition) is 0. The van der Waals surface area contributed by atoms with Crippen molar-refractivity contribution in [2.45, 2.75) is 290 Å². The van der Waals surface area contributed by atoms with Crippen LogP contribution in [0.15, 0.2) is 146 Å². The van der Waals surface area contributed by atoms with Crippen LogP contribution in [0.3, 0.4) is 0 Å². The fourth-order valence-electron chi connectivity index (χ4n) is 8.68. The number of allylic oxidation sites excluding steroid dienone is 24. The van der Waals surface area contributed by atoms with Crippen LogP contribution in [0, 0.1) is 0 Å². The van der Waals surface area contributed by atoms with Gasteiger partial charge in [-0.15, -0.1) is 0 Å². The Morgan fingerprint density at radius 3 is 0.762 bits per heavy atom. The van der Waals surface area contributed by atoms with Crippen LogP contribution in [0.25, 0.3) is 0 Å². The summed E-state index contributed by atoms with van der Waals surface area (Å²) in [6.45, 7) is 6.46. The normalized spacial score (nSPS) is 13.1. The van der Waals surface area contributed by atoms with E-state index in [0.717, 1.165) is 161 Å². The van der Waals surface area contributed by atoms with E-state index >= 15 is 0 Å². The Kier molecular flexibility index (Phi) is 62.9. The minimum atomic E-state index is -0.797. The second-order valence-electron chi connectivity index (χ2n) is 21.3. The second kappa shape index (κ2) is 66.8. The summed E-state index contributed by atoms with van der Waals surface area (Å²) in [4.78, 5) is 38.1. The molecular weight excluding hydrogens is 985 g/mol. The number of carbonyl (C=O) groups excluding carboxylic acids is 3. The van der Waals surface area contributed by atoms with Crippen LogP contribution < -0.4 is 0 Å². The second-order valence-corrected chi connectivity index (χ2v) is 21.3. The van der Waals surface area contributed by atoms with Crippen molar-refractivity contribution >= 4 is 17.9 Å². The van der Waals surface area contributed by atoms with Crippen molar-refractivity contribution in [3.63, 3.8) is 0 Å². The van der Waals surface area contributed by atoms with Gasteiger partial charge in [0.2, 0.25) is 0 Å². The minimum Gasteiger partial charge on any atom is -0.462 e. The van der Waals surface area contributed by atoms with E-state index in [2.05, 4.69) is 167 Å². The van der Waals surface area contributed by atoms with E-state index in [0.29, 0.717) is 19.3 Å². The smallest absolute Gasteiger partial charge is 0.306 e. The third-order valence-corrected chi connectivity index (χ3v) is 13.6. The Balaban J connectivity index is 4.27. The SMILES string of the molecule is CC/C=C\C/C=C\C/C=C\C/C=C\C/C=C\C/C=C\C/C=C\C/C=C\C/C=C\CCCCCCCC(=O)OCC(COC(=O)CCCCCCCCCC)OC(=O)CCCCCCCC/C=C\C/C=C\C/C=C\CCCCCCC. The molecule has 0 aromatic rings. The maximum atomic E-state index is 12.9. The molecular formula is C74H120O6. The maximum absolute atomic E-state index is 12.9. The molecule has 80 heavy (non-hydrogen) atoms. The molecule has 6 heteroatoms. The Morgan fingerprint density at radius 1 is 0.263 bits per heavy atom. The number of carbonyl (C=O) groups is 3. The first-order valence-electron chi connectivity index (χ1n) is 32.8. The van der Waals surface area contributed by atoms with Gasteiger partial charge in [-0.05, 0) is 128 Å². The van der Waals surface area contributed by atoms with Crippen molar-refractivity contribution in [2.24, 2.45) is 0 Å². The van der Waals surface area contributed by atoms with Crippen LogP contribution in [0.1, 0.15) is 284 Å². The average Bonchev–Trinajstić information content (AvgIpc) is 3.46. The molecule has 0 radical (unpaired) electrons. The lowest BCUT2D eigenvalue weighted by atomic mass is 10.1. The van der Waals surface area contributed by atoms with Gasteiger partial charge in [-0.3, -0.25) is 14.4 Å². The lowest BCUT2D eigenvalue weighted by molar-refractivity contribution is -0.167. The van der Waals surface area contributed by atoms with E-state index in [1.807, 2.05) is 0 Å². The first-order chi connectivity index (χ1) is 39.5. The monoisotopic (exact) mass is 1100 g/mol. The van der Waals surface area contributed by atoms with Crippen LogP contribution in [-0.4, -0.2) is 37.2 Å². The fraction of sp³-hybridized carbons (Fsp3) is 0.635. The third kappa shape index (κ3) is 64.1. The van der Waals surface area contributed by atoms with Crippen molar-refractivity contribution in [1.82, 2.24) is 0 Å². The predicted octanol–water partition coefficient (Wildman–Crippen LogP) is 22.7. The van der Waals surface area contributed by atoms with Crippen molar-refractivity contribution < 1.29 is 28.6 Å². The molecule has 0 rings (SSSR count). The molecule has 0 saturated heterocycles. The number of esters is 3. The van der Waals surface area contributed by atoms with Gasteiger partial charge in [-0.25, -0.2) is 0 Å². The van der Waals surface area contributed by atoms with E-state index < -0.39 is 6.10 Å². The molecule has 0 aromatic heterocycles. The van der Waals surface area contributed by atoms with Crippen molar-refractivity contribution in [1.29, 1.82) is 0 Å². The van der Waals surface area contributed by atoms with Crippen LogP contribution in [0.2, 0.25) is 0 Å². The lowest BCUT2D eigenvalue weighted by Crippen LogP contribution is -2.30. The highest BCUT2D eigenvalue weighted by molar-refractivity contribution is 5.71.